The van der Waals surface area contributed by atoms with Gasteiger partial charge < -0.3 is 5.73 Å². The van der Waals surface area contributed by atoms with Crippen LogP contribution >= 0.6 is 11.6 Å². The van der Waals surface area contributed by atoms with Crippen molar-refractivity contribution in [2.24, 2.45) is 0 Å². The smallest absolute Gasteiger partial charge is 0.125 e. The van der Waals surface area contributed by atoms with Crippen molar-refractivity contribution in [2.75, 3.05) is 5.73 Å². The number of aryl methyl sites for hydroxylation is 2. The summed E-state index contributed by atoms with van der Waals surface area (Å²) in [4.78, 5) is 0. The van der Waals surface area contributed by atoms with E-state index in [1.807, 2.05) is 6.07 Å². The van der Waals surface area contributed by atoms with Gasteiger partial charge in [-0.1, -0.05) is 29.8 Å². The molecule has 0 aromatic heterocycles. The minimum atomic E-state index is -0.357. The summed E-state index contributed by atoms with van der Waals surface area (Å²) in [5.74, 6) is -0.357. The van der Waals surface area contributed by atoms with Crippen LogP contribution < -0.4 is 5.73 Å². The lowest BCUT2D eigenvalue weighted by molar-refractivity contribution is 0.628. The number of rotatable bonds is 1. The molecule has 1 aliphatic rings. The summed E-state index contributed by atoms with van der Waals surface area (Å²) in [5, 5.41) is 0.269. The molecule has 0 heterocycles. The predicted molar refractivity (Wildman–Crippen MR) is 73.3 cm³/mol. The van der Waals surface area contributed by atoms with E-state index in [1.54, 1.807) is 0 Å². The molecule has 0 aliphatic heterocycles. The first-order valence-electron chi connectivity index (χ1n) is 6.02. The van der Waals surface area contributed by atoms with Crippen LogP contribution in [0.25, 0.3) is 11.1 Å². The molecule has 0 spiro atoms. The maximum absolute atomic E-state index is 13.4. The third kappa shape index (κ3) is 1.87. The molecule has 2 aromatic rings. The van der Waals surface area contributed by atoms with E-state index in [2.05, 4.69) is 12.1 Å². The summed E-state index contributed by atoms with van der Waals surface area (Å²) in [6, 6.07) is 8.89. The first-order valence-corrected chi connectivity index (χ1v) is 6.39. The van der Waals surface area contributed by atoms with Gasteiger partial charge in [0, 0.05) is 5.56 Å². The quantitative estimate of drug-likeness (QED) is 0.765. The van der Waals surface area contributed by atoms with Gasteiger partial charge >= 0.3 is 0 Å². The lowest BCUT2D eigenvalue weighted by Crippen LogP contribution is -1.94. The minimum absolute atomic E-state index is 0.269. The van der Waals surface area contributed by atoms with Crippen molar-refractivity contribution in [3.8, 4) is 11.1 Å². The first-order chi connectivity index (χ1) is 8.65. The number of nitrogens with two attached hydrogens (primary N) is 1. The second-order valence-corrected chi connectivity index (χ2v) is 5.09. The summed E-state index contributed by atoms with van der Waals surface area (Å²) in [7, 11) is 0. The highest BCUT2D eigenvalue weighted by molar-refractivity contribution is 6.33. The molecule has 0 amide bonds. The summed E-state index contributed by atoms with van der Waals surface area (Å²) < 4.78 is 13.4. The van der Waals surface area contributed by atoms with Gasteiger partial charge in [0.2, 0.25) is 0 Å². The van der Waals surface area contributed by atoms with Gasteiger partial charge in [-0.2, -0.15) is 0 Å². The average molecular weight is 262 g/mol. The molecule has 2 N–H and O–H groups in total. The van der Waals surface area contributed by atoms with Gasteiger partial charge in [0.1, 0.15) is 5.82 Å². The fraction of sp³-hybridized carbons (Fsp3) is 0.200. The lowest BCUT2D eigenvalue weighted by Gasteiger charge is -2.10. The van der Waals surface area contributed by atoms with E-state index in [-0.39, 0.29) is 10.8 Å². The molecular weight excluding hydrogens is 249 g/mol. The largest absolute Gasteiger partial charge is 0.397 e. The highest BCUT2D eigenvalue weighted by Gasteiger charge is 2.14. The maximum Gasteiger partial charge on any atom is 0.125 e. The van der Waals surface area contributed by atoms with Crippen LogP contribution in [0.2, 0.25) is 5.02 Å². The molecule has 0 atom stereocenters. The molecule has 18 heavy (non-hydrogen) atoms. The number of benzene rings is 2. The monoisotopic (exact) mass is 261 g/mol. The third-order valence-corrected chi connectivity index (χ3v) is 3.82. The molecular formula is C15H13ClFN. The second-order valence-electron chi connectivity index (χ2n) is 4.69. The van der Waals surface area contributed by atoms with Crippen molar-refractivity contribution in [3.05, 3.63) is 52.3 Å². The molecule has 1 nitrogen and oxygen atoms in total. The molecule has 0 fully saturated rings. The van der Waals surface area contributed by atoms with Gasteiger partial charge in [0.05, 0.1) is 10.7 Å². The molecule has 1 aliphatic carbocycles. The Labute approximate surface area is 110 Å². The zero-order chi connectivity index (χ0) is 12.7. The zero-order valence-corrected chi connectivity index (χ0v) is 10.6. The van der Waals surface area contributed by atoms with Crippen molar-refractivity contribution in [2.45, 2.75) is 19.3 Å². The molecule has 92 valence electrons. The van der Waals surface area contributed by atoms with E-state index in [9.17, 15) is 4.39 Å². The Balaban J connectivity index is 2.15. The third-order valence-electron chi connectivity index (χ3n) is 3.50. The molecule has 0 saturated carbocycles. The standard InChI is InChI=1S/C15H13ClFN/c16-14-8-12(17)7-13(15(14)18)11-5-4-9-2-1-3-10(9)6-11/h4-8H,1-3,18H2. The molecule has 3 rings (SSSR count). The number of hydrogen-bond donors (Lipinski definition) is 1. The van der Waals surface area contributed by atoms with Crippen molar-refractivity contribution >= 4 is 17.3 Å². The topological polar surface area (TPSA) is 26.0 Å². The fourth-order valence-corrected chi connectivity index (χ4v) is 2.77. The van der Waals surface area contributed by atoms with E-state index in [1.165, 1.54) is 29.7 Å². The van der Waals surface area contributed by atoms with E-state index in [0.717, 1.165) is 18.4 Å². The van der Waals surface area contributed by atoms with E-state index < -0.39 is 0 Å². The Bertz CT molecular complexity index is 622. The van der Waals surface area contributed by atoms with Crippen LogP contribution in [0.3, 0.4) is 0 Å². The summed E-state index contributed by atoms with van der Waals surface area (Å²) in [5.41, 5.74) is 10.7. The zero-order valence-electron chi connectivity index (χ0n) is 9.84. The Morgan fingerprint density at radius 1 is 1.06 bits per heavy atom. The lowest BCUT2D eigenvalue weighted by atomic mass is 9.99. The van der Waals surface area contributed by atoms with Gasteiger partial charge in [-0.3, -0.25) is 0 Å². The van der Waals surface area contributed by atoms with Crippen molar-refractivity contribution < 1.29 is 4.39 Å². The van der Waals surface area contributed by atoms with Gasteiger partial charge in [-0.25, -0.2) is 4.39 Å². The molecule has 0 unspecified atom stereocenters. The van der Waals surface area contributed by atoms with Crippen LogP contribution in [-0.2, 0) is 12.8 Å². The normalized spacial score (nSPS) is 13.7. The Morgan fingerprint density at radius 2 is 1.83 bits per heavy atom. The Hall–Kier alpha value is -1.54. The van der Waals surface area contributed by atoms with E-state index in [4.69, 9.17) is 17.3 Å². The van der Waals surface area contributed by atoms with Gasteiger partial charge in [-0.05, 0) is 48.1 Å². The Morgan fingerprint density at radius 3 is 2.67 bits per heavy atom. The number of nitrogen functional groups attached to an aromatic ring is 1. The molecule has 0 saturated heterocycles. The first kappa shape index (κ1) is 11.5. The number of anilines is 1. The van der Waals surface area contributed by atoms with E-state index >= 15 is 0 Å². The summed E-state index contributed by atoms with van der Waals surface area (Å²) in [6.45, 7) is 0. The van der Waals surface area contributed by atoms with Crippen LogP contribution in [0.4, 0.5) is 10.1 Å². The average Bonchev–Trinajstić information content (AvgIpc) is 2.80. The number of halogens is 2. The summed E-state index contributed by atoms with van der Waals surface area (Å²) in [6.07, 6.45) is 3.42. The number of hydrogen-bond acceptors (Lipinski definition) is 1. The van der Waals surface area contributed by atoms with Crippen LogP contribution in [0.5, 0.6) is 0 Å². The van der Waals surface area contributed by atoms with Gasteiger partial charge in [-0.15, -0.1) is 0 Å². The van der Waals surface area contributed by atoms with Crippen molar-refractivity contribution in [3.63, 3.8) is 0 Å². The molecule has 3 heteroatoms. The fourth-order valence-electron chi connectivity index (χ4n) is 2.56. The number of fused-ring (bicyclic) bond motifs is 1. The van der Waals surface area contributed by atoms with Crippen LogP contribution in [-0.4, -0.2) is 0 Å². The van der Waals surface area contributed by atoms with Crippen LogP contribution in [0.15, 0.2) is 30.3 Å². The SMILES string of the molecule is Nc1c(Cl)cc(F)cc1-c1ccc2c(c1)CCC2. The van der Waals surface area contributed by atoms with Crippen LogP contribution in [0.1, 0.15) is 17.5 Å². The van der Waals surface area contributed by atoms with Gasteiger partial charge in [0.15, 0.2) is 0 Å². The van der Waals surface area contributed by atoms with Crippen molar-refractivity contribution in [1.29, 1.82) is 0 Å². The van der Waals surface area contributed by atoms with Crippen molar-refractivity contribution in [1.82, 2.24) is 0 Å². The maximum atomic E-state index is 13.4. The van der Waals surface area contributed by atoms with Crippen LogP contribution in [0, 0.1) is 5.82 Å². The predicted octanol–water partition coefficient (Wildman–Crippen LogP) is 4.22. The minimum Gasteiger partial charge on any atom is -0.397 e. The highest BCUT2D eigenvalue weighted by atomic mass is 35.5. The molecule has 0 bridgehead atoms. The molecule has 0 radical (unpaired) electrons. The Kier molecular flexibility index (Phi) is 2.75. The van der Waals surface area contributed by atoms with E-state index in [0.29, 0.717) is 11.3 Å². The second kappa shape index (κ2) is 4.29. The molecule has 2 aromatic carbocycles. The van der Waals surface area contributed by atoms with Gasteiger partial charge in [0.25, 0.3) is 0 Å². The summed E-state index contributed by atoms with van der Waals surface area (Å²) >= 11 is 5.92. The highest BCUT2D eigenvalue weighted by Crippen LogP contribution is 2.35.